The maximum atomic E-state index is 12.3. The summed E-state index contributed by atoms with van der Waals surface area (Å²) in [6.07, 6.45) is 3.15. The van der Waals surface area contributed by atoms with E-state index >= 15 is 0 Å². The fraction of sp³-hybridized carbons (Fsp3) is 0.136. The van der Waals surface area contributed by atoms with Gasteiger partial charge in [0.05, 0.1) is 10.7 Å². The first-order valence-corrected chi connectivity index (χ1v) is 9.99. The zero-order chi connectivity index (χ0) is 20.2. The number of thiazole rings is 1. The monoisotopic (exact) mass is 405 g/mol. The number of para-hydroxylation sites is 1. The van der Waals surface area contributed by atoms with Crippen LogP contribution in [-0.2, 0) is 17.9 Å². The number of rotatable bonds is 6. The largest absolute Gasteiger partial charge is 0.487 e. The van der Waals surface area contributed by atoms with Gasteiger partial charge in [-0.1, -0.05) is 24.3 Å². The molecule has 7 heteroatoms. The molecule has 0 atom stereocenters. The van der Waals surface area contributed by atoms with Crippen molar-refractivity contribution in [3.8, 4) is 5.75 Å². The van der Waals surface area contributed by atoms with E-state index in [-0.39, 0.29) is 11.8 Å². The fourth-order valence-electron chi connectivity index (χ4n) is 3.02. The number of nitrogens with zero attached hydrogens (tertiary/aromatic N) is 1. The third kappa shape index (κ3) is 4.52. The topological polar surface area (TPSA) is 80.3 Å². The molecule has 4 rings (SSSR count). The van der Waals surface area contributed by atoms with Gasteiger partial charge < -0.3 is 15.4 Å². The molecule has 0 aliphatic carbocycles. The normalized spacial score (nSPS) is 12.7. The molecule has 0 unspecified atom stereocenters. The number of carbonyl (C=O) groups excluding carboxylic acids is 2. The molecule has 3 aromatic rings. The molecule has 2 N–H and O–H groups in total. The fourth-order valence-corrected chi connectivity index (χ4v) is 3.61. The average Bonchev–Trinajstić information content (AvgIpc) is 3.31. The highest BCUT2D eigenvalue weighted by Gasteiger charge is 2.18. The van der Waals surface area contributed by atoms with Crippen LogP contribution in [0.2, 0.25) is 0 Å². The number of nitrogens with one attached hydrogen (secondary N) is 2. The molecule has 1 aliphatic heterocycles. The highest BCUT2D eigenvalue weighted by atomic mass is 32.1. The zero-order valence-electron chi connectivity index (χ0n) is 15.8. The van der Waals surface area contributed by atoms with Crippen LogP contribution >= 0.6 is 11.3 Å². The molecule has 2 amide bonds. The molecule has 146 valence electrons. The third-order valence-electron chi connectivity index (χ3n) is 4.44. The molecule has 0 saturated carbocycles. The van der Waals surface area contributed by atoms with Crippen LogP contribution in [-0.4, -0.2) is 16.8 Å². The number of amides is 2. The Morgan fingerprint density at radius 3 is 3.00 bits per heavy atom. The number of ether oxygens (including phenoxy) is 1. The van der Waals surface area contributed by atoms with E-state index in [1.165, 1.54) is 6.08 Å². The van der Waals surface area contributed by atoms with Crippen molar-refractivity contribution in [1.82, 2.24) is 10.3 Å². The van der Waals surface area contributed by atoms with Gasteiger partial charge in [0.1, 0.15) is 12.4 Å². The van der Waals surface area contributed by atoms with Crippen LogP contribution in [0.15, 0.2) is 53.9 Å². The van der Waals surface area contributed by atoms with Gasteiger partial charge in [0, 0.05) is 34.8 Å². The Kier molecular flexibility index (Phi) is 5.39. The van der Waals surface area contributed by atoms with Crippen molar-refractivity contribution in [3.05, 3.63) is 81.3 Å². The van der Waals surface area contributed by atoms with Crippen LogP contribution in [0.25, 0.3) is 6.08 Å². The molecule has 0 saturated heterocycles. The van der Waals surface area contributed by atoms with Crippen LogP contribution in [0, 0.1) is 6.92 Å². The summed E-state index contributed by atoms with van der Waals surface area (Å²) < 4.78 is 5.87. The molecule has 2 aromatic carbocycles. The first-order valence-electron chi connectivity index (χ1n) is 9.11. The van der Waals surface area contributed by atoms with Crippen molar-refractivity contribution in [2.45, 2.75) is 20.1 Å². The Labute approximate surface area is 172 Å². The minimum absolute atomic E-state index is 0.118. The summed E-state index contributed by atoms with van der Waals surface area (Å²) in [4.78, 5) is 28.5. The Balaban J connectivity index is 1.41. The molecule has 1 aliphatic rings. The first-order chi connectivity index (χ1) is 14.1. The van der Waals surface area contributed by atoms with E-state index in [0.29, 0.717) is 30.2 Å². The maximum absolute atomic E-state index is 12.3. The number of hydrogen-bond donors (Lipinski definition) is 2. The second-order valence-corrected chi connectivity index (χ2v) is 7.62. The van der Waals surface area contributed by atoms with Crippen LogP contribution < -0.4 is 15.4 Å². The lowest BCUT2D eigenvalue weighted by Gasteiger charge is -2.08. The summed E-state index contributed by atoms with van der Waals surface area (Å²) in [7, 11) is 0. The Morgan fingerprint density at radius 1 is 1.31 bits per heavy atom. The molecular formula is C22H19N3O3S. The number of aromatic nitrogens is 1. The van der Waals surface area contributed by atoms with Gasteiger partial charge in [-0.05, 0) is 36.8 Å². The van der Waals surface area contributed by atoms with Gasteiger partial charge in [-0.3, -0.25) is 9.59 Å². The lowest BCUT2D eigenvalue weighted by molar-refractivity contribution is -0.111. The standard InChI is InChI=1S/C22H19N3O3S/c1-14-24-18(13-29-14)12-28-20-5-3-2-4-15(20)7-9-21(26)25-17-8-6-16-11-23-22(27)19(16)10-17/h2-10,13H,11-12H2,1H3,(H,23,27)(H,25,26)/b9-7+. The molecule has 29 heavy (non-hydrogen) atoms. The summed E-state index contributed by atoms with van der Waals surface area (Å²) in [5.74, 6) is 0.276. The number of anilines is 1. The van der Waals surface area contributed by atoms with E-state index in [2.05, 4.69) is 15.6 Å². The van der Waals surface area contributed by atoms with Crippen molar-refractivity contribution in [2.24, 2.45) is 0 Å². The number of aryl methyl sites for hydroxylation is 1. The smallest absolute Gasteiger partial charge is 0.251 e. The van der Waals surface area contributed by atoms with Crippen LogP contribution in [0.3, 0.4) is 0 Å². The van der Waals surface area contributed by atoms with Crippen molar-refractivity contribution < 1.29 is 14.3 Å². The van der Waals surface area contributed by atoms with Crippen molar-refractivity contribution in [2.75, 3.05) is 5.32 Å². The lowest BCUT2D eigenvalue weighted by atomic mass is 10.1. The third-order valence-corrected chi connectivity index (χ3v) is 5.26. The van der Waals surface area contributed by atoms with Crippen molar-refractivity contribution in [1.29, 1.82) is 0 Å². The van der Waals surface area contributed by atoms with Gasteiger partial charge in [-0.2, -0.15) is 0 Å². The second-order valence-electron chi connectivity index (χ2n) is 6.56. The van der Waals surface area contributed by atoms with E-state index in [1.54, 1.807) is 29.5 Å². The molecule has 1 aromatic heterocycles. The van der Waals surface area contributed by atoms with Crippen molar-refractivity contribution in [3.63, 3.8) is 0 Å². The summed E-state index contributed by atoms with van der Waals surface area (Å²) in [5.41, 5.74) is 3.79. The Bertz CT molecular complexity index is 1100. The van der Waals surface area contributed by atoms with Crippen molar-refractivity contribution >= 4 is 34.9 Å². The summed E-state index contributed by atoms with van der Waals surface area (Å²) >= 11 is 1.58. The van der Waals surface area contributed by atoms with Crippen LogP contribution in [0.1, 0.15) is 32.2 Å². The van der Waals surface area contributed by atoms with E-state index in [1.807, 2.05) is 42.6 Å². The molecule has 2 heterocycles. The predicted molar refractivity (Wildman–Crippen MR) is 113 cm³/mol. The SMILES string of the molecule is Cc1nc(COc2ccccc2/C=C/C(=O)Nc2ccc3c(c2)C(=O)NC3)cs1. The number of fused-ring (bicyclic) bond motifs is 1. The minimum atomic E-state index is -0.284. The summed E-state index contributed by atoms with van der Waals surface area (Å²) in [5, 5.41) is 8.52. The zero-order valence-corrected chi connectivity index (χ0v) is 16.6. The van der Waals surface area contributed by atoms with Gasteiger partial charge in [0.15, 0.2) is 0 Å². The summed E-state index contributed by atoms with van der Waals surface area (Å²) in [6, 6.07) is 12.8. The first kappa shape index (κ1) is 18.9. The van der Waals surface area contributed by atoms with Gasteiger partial charge >= 0.3 is 0 Å². The molecule has 6 nitrogen and oxygen atoms in total. The van der Waals surface area contributed by atoms with Gasteiger partial charge in [-0.25, -0.2) is 4.98 Å². The quantitative estimate of drug-likeness (QED) is 0.609. The average molecular weight is 405 g/mol. The number of benzene rings is 2. The van der Waals surface area contributed by atoms with Crippen LogP contribution in [0.4, 0.5) is 5.69 Å². The van der Waals surface area contributed by atoms with E-state index in [0.717, 1.165) is 21.8 Å². The Morgan fingerprint density at radius 2 is 2.17 bits per heavy atom. The van der Waals surface area contributed by atoms with Gasteiger partial charge in [0.25, 0.3) is 5.91 Å². The van der Waals surface area contributed by atoms with Gasteiger partial charge in [-0.15, -0.1) is 11.3 Å². The molecule has 0 spiro atoms. The number of carbonyl (C=O) groups is 2. The Hall–Kier alpha value is -3.45. The number of hydrogen-bond acceptors (Lipinski definition) is 5. The summed E-state index contributed by atoms with van der Waals surface area (Å²) in [6.45, 7) is 2.86. The second kappa shape index (κ2) is 8.28. The molecule has 0 fully saturated rings. The molecular weight excluding hydrogens is 386 g/mol. The maximum Gasteiger partial charge on any atom is 0.251 e. The van der Waals surface area contributed by atoms with E-state index in [9.17, 15) is 9.59 Å². The predicted octanol–water partition coefficient (Wildman–Crippen LogP) is 3.93. The minimum Gasteiger partial charge on any atom is -0.487 e. The lowest BCUT2D eigenvalue weighted by Crippen LogP contribution is -2.13. The van der Waals surface area contributed by atoms with Gasteiger partial charge in [0.2, 0.25) is 5.91 Å². The molecule has 0 bridgehead atoms. The van der Waals surface area contributed by atoms with E-state index in [4.69, 9.17) is 4.74 Å². The van der Waals surface area contributed by atoms with E-state index < -0.39 is 0 Å². The van der Waals surface area contributed by atoms with Crippen LogP contribution in [0.5, 0.6) is 5.75 Å². The molecule has 0 radical (unpaired) electrons. The highest BCUT2D eigenvalue weighted by molar-refractivity contribution is 7.09. The highest BCUT2D eigenvalue weighted by Crippen LogP contribution is 2.22.